The maximum Gasteiger partial charge on any atom is 0.451 e. The highest BCUT2D eigenvalue weighted by atomic mass is 19.3. The van der Waals surface area contributed by atoms with Crippen LogP contribution in [0, 0.1) is 0 Å². The van der Waals surface area contributed by atoms with Gasteiger partial charge in [-0.15, -0.1) is 0 Å². The number of hydrogen-bond donors (Lipinski definition) is 0. The summed E-state index contributed by atoms with van der Waals surface area (Å²) < 4.78 is 54.1. The van der Waals surface area contributed by atoms with E-state index in [0.29, 0.717) is 0 Å². The van der Waals surface area contributed by atoms with Gasteiger partial charge in [0.05, 0.1) is 0 Å². The molecule has 1 aliphatic heterocycles. The van der Waals surface area contributed by atoms with Gasteiger partial charge in [-0.25, -0.2) is 0 Å². The normalized spacial score (nSPS) is 28.7. The lowest BCUT2D eigenvalue weighted by Gasteiger charge is -2.12. The van der Waals surface area contributed by atoms with Crippen molar-refractivity contribution in [2.24, 2.45) is 0 Å². The summed E-state index contributed by atoms with van der Waals surface area (Å²) in [7, 11) is 0. The molecule has 64 valence electrons. The van der Waals surface area contributed by atoms with E-state index in [1.54, 1.807) is 0 Å². The maximum absolute atomic E-state index is 11.9. The Morgan fingerprint density at radius 2 is 1.45 bits per heavy atom. The summed E-state index contributed by atoms with van der Waals surface area (Å²) in [5.41, 5.74) is 0. The number of rotatable bonds is 1. The summed E-state index contributed by atoms with van der Waals surface area (Å²) in [6.45, 7) is 0. The predicted octanol–water partition coefficient (Wildman–Crippen LogP) is 0.744. The number of hydrogen-bond acceptors (Lipinski definition) is 3. The Morgan fingerprint density at radius 1 is 1.09 bits per heavy atom. The molecule has 1 rings (SSSR count). The smallest absolute Gasteiger partial charge is 0.298 e. The van der Waals surface area contributed by atoms with Crippen molar-refractivity contribution in [3.63, 3.8) is 0 Å². The molecule has 0 amide bonds. The molecule has 0 saturated carbocycles. The average Bonchev–Trinajstić information content (AvgIpc) is 2.03. The lowest BCUT2D eigenvalue weighted by Crippen LogP contribution is -2.36. The van der Waals surface area contributed by atoms with Crippen LogP contribution in [0.4, 0.5) is 17.6 Å². The second kappa shape index (κ2) is 2.15. The first-order chi connectivity index (χ1) is 4.89. The lowest BCUT2D eigenvalue weighted by atomic mass is 10.6. The Hall–Kier alpha value is -0.690. The third kappa shape index (κ3) is 1.21. The number of carbonyl (C=O) groups excluding carboxylic acids is 1. The van der Waals surface area contributed by atoms with Crippen LogP contribution >= 0.6 is 0 Å². The van der Waals surface area contributed by atoms with Crippen LogP contribution in [0.1, 0.15) is 0 Å². The molecule has 0 aromatic rings. The molecular weight excluding hydrogens is 172 g/mol. The molecule has 0 aliphatic carbocycles. The molecule has 0 radical (unpaired) electrons. The third-order valence-electron chi connectivity index (χ3n) is 0.978. The summed E-state index contributed by atoms with van der Waals surface area (Å²) in [6, 6.07) is 0. The van der Waals surface area contributed by atoms with E-state index in [-0.39, 0.29) is 6.29 Å². The summed E-state index contributed by atoms with van der Waals surface area (Å²) in [4.78, 5) is 9.67. The van der Waals surface area contributed by atoms with Gasteiger partial charge in [-0.2, -0.15) is 17.6 Å². The Morgan fingerprint density at radius 3 is 1.64 bits per heavy atom. The first-order valence-corrected chi connectivity index (χ1v) is 2.45. The second-order valence-corrected chi connectivity index (χ2v) is 1.77. The van der Waals surface area contributed by atoms with Crippen LogP contribution in [-0.2, 0) is 14.3 Å². The van der Waals surface area contributed by atoms with Gasteiger partial charge in [0.25, 0.3) is 0 Å². The molecule has 1 aliphatic rings. The molecule has 0 aromatic heterocycles. The minimum Gasteiger partial charge on any atom is -0.298 e. The zero-order chi connectivity index (χ0) is 8.70. The molecule has 0 bridgehead atoms. The highest BCUT2D eigenvalue weighted by Crippen LogP contribution is 2.43. The van der Waals surface area contributed by atoms with Crippen LogP contribution in [0.15, 0.2) is 0 Å². The van der Waals surface area contributed by atoms with Crippen molar-refractivity contribution in [1.29, 1.82) is 0 Å². The molecule has 11 heavy (non-hydrogen) atoms. The van der Waals surface area contributed by atoms with E-state index in [1.807, 2.05) is 0 Å². The fourth-order valence-corrected chi connectivity index (χ4v) is 0.509. The summed E-state index contributed by atoms with van der Waals surface area (Å²) in [6.07, 6.45) is -11.9. The van der Waals surface area contributed by atoms with Gasteiger partial charge in [-0.1, -0.05) is 0 Å². The highest BCUT2D eigenvalue weighted by molar-refractivity contribution is 5.54. The Kier molecular flexibility index (Phi) is 1.64. The molecule has 1 heterocycles. The van der Waals surface area contributed by atoms with E-state index in [4.69, 9.17) is 0 Å². The van der Waals surface area contributed by atoms with Gasteiger partial charge in [-0.05, 0) is 0 Å². The highest BCUT2D eigenvalue weighted by Gasteiger charge is 2.67. The predicted molar refractivity (Wildman–Crippen MR) is 21.9 cm³/mol. The first kappa shape index (κ1) is 8.41. The SMILES string of the molecule is O=CC1OC(F)(F)C(F)(F)O1. The van der Waals surface area contributed by atoms with Crippen molar-refractivity contribution in [1.82, 2.24) is 0 Å². The number of ether oxygens (including phenoxy) is 2. The van der Waals surface area contributed by atoms with Crippen LogP contribution in [0.3, 0.4) is 0 Å². The number of halogens is 4. The van der Waals surface area contributed by atoms with Gasteiger partial charge in [0.15, 0.2) is 6.29 Å². The van der Waals surface area contributed by atoms with E-state index in [9.17, 15) is 22.4 Å². The molecule has 1 fully saturated rings. The minimum absolute atomic E-state index is 0.283. The molecular formula is C4H2F4O3. The molecule has 0 aromatic carbocycles. The van der Waals surface area contributed by atoms with Gasteiger partial charge < -0.3 is 0 Å². The molecule has 1 saturated heterocycles. The van der Waals surface area contributed by atoms with Crippen molar-refractivity contribution < 1.29 is 31.8 Å². The number of carbonyl (C=O) groups is 1. The summed E-state index contributed by atoms with van der Waals surface area (Å²) in [5, 5.41) is 0. The zero-order valence-electron chi connectivity index (χ0n) is 4.89. The van der Waals surface area contributed by atoms with Crippen LogP contribution in [-0.4, -0.2) is 24.8 Å². The summed E-state index contributed by atoms with van der Waals surface area (Å²) >= 11 is 0. The quantitative estimate of drug-likeness (QED) is 0.434. The fraction of sp³-hybridized carbons (Fsp3) is 0.750. The zero-order valence-corrected chi connectivity index (χ0v) is 4.89. The van der Waals surface area contributed by atoms with Crippen molar-refractivity contribution in [2.45, 2.75) is 18.5 Å². The largest absolute Gasteiger partial charge is 0.451 e. The molecule has 0 unspecified atom stereocenters. The number of alkyl halides is 4. The Labute approximate surface area is 57.9 Å². The van der Waals surface area contributed by atoms with E-state index in [1.165, 1.54) is 0 Å². The van der Waals surface area contributed by atoms with Crippen LogP contribution in [0.25, 0.3) is 0 Å². The van der Waals surface area contributed by atoms with Crippen LogP contribution in [0.2, 0.25) is 0 Å². The van der Waals surface area contributed by atoms with Gasteiger partial charge in [0.2, 0.25) is 6.29 Å². The monoisotopic (exact) mass is 174 g/mol. The van der Waals surface area contributed by atoms with E-state index in [0.717, 1.165) is 0 Å². The summed E-state index contributed by atoms with van der Waals surface area (Å²) in [5.74, 6) is 0. The van der Waals surface area contributed by atoms with Gasteiger partial charge in [0, 0.05) is 0 Å². The molecule has 0 N–H and O–H groups in total. The minimum atomic E-state index is -4.72. The molecule has 3 nitrogen and oxygen atoms in total. The maximum atomic E-state index is 11.9. The topological polar surface area (TPSA) is 35.5 Å². The number of aldehydes is 1. The van der Waals surface area contributed by atoms with Gasteiger partial charge in [0.1, 0.15) is 0 Å². The van der Waals surface area contributed by atoms with E-state index < -0.39 is 18.5 Å². The molecule has 0 atom stereocenters. The third-order valence-corrected chi connectivity index (χ3v) is 0.978. The van der Waals surface area contributed by atoms with E-state index in [2.05, 4.69) is 9.47 Å². The lowest BCUT2D eigenvalue weighted by molar-refractivity contribution is -0.344. The van der Waals surface area contributed by atoms with Crippen molar-refractivity contribution in [3.05, 3.63) is 0 Å². The Bertz CT molecular complexity index is 164. The standard InChI is InChI=1S/C4H2F4O3/c5-3(6)4(7,8)11-2(1-9)10-3/h1-2H. The average molecular weight is 174 g/mol. The van der Waals surface area contributed by atoms with E-state index >= 15 is 0 Å². The first-order valence-electron chi connectivity index (χ1n) is 2.45. The van der Waals surface area contributed by atoms with Gasteiger partial charge in [-0.3, -0.25) is 14.3 Å². The van der Waals surface area contributed by atoms with Crippen molar-refractivity contribution in [2.75, 3.05) is 0 Å². The fourth-order valence-electron chi connectivity index (χ4n) is 0.509. The van der Waals surface area contributed by atoms with Crippen LogP contribution < -0.4 is 0 Å². The van der Waals surface area contributed by atoms with Crippen LogP contribution in [0.5, 0.6) is 0 Å². The van der Waals surface area contributed by atoms with Crippen molar-refractivity contribution in [3.8, 4) is 0 Å². The molecule has 0 spiro atoms. The molecule has 7 heteroatoms. The Balaban J connectivity index is 2.79. The van der Waals surface area contributed by atoms with Gasteiger partial charge >= 0.3 is 12.2 Å². The van der Waals surface area contributed by atoms with Crippen molar-refractivity contribution >= 4 is 6.29 Å². The second-order valence-electron chi connectivity index (χ2n) is 1.77.